The molecule has 4 rings (SSSR count). The van der Waals surface area contributed by atoms with E-state index in [0.717, 1.165) is 48.4 Å². The van der Waals surface area contributed by atoms with Crippen LogP contribution in [0.2, 0.25) is 0 Å². The summed E-state index contributed by atoms with van der Waals surface area (Å²) in [5, 5.41) is 10.1. The third kappa shape index (κ3) is 3.40. The molecular formula is C24H26N2O3. The van der Waals surface area contributed by atoms with Crippen LogP contribution in [-0.4, -0.2) is 38.8 Å². The summed E-state index contributed by atoms with van der Waals surface area (Å²) in [4.78, 5) is 2.30. The molecule has 1 saturated heterocycles. The average Bonchev–Trinajstić information content (AvgIpc) is 3.25. The van der Waals surface area contributed by atoms with Crippen LogP contribution in [0, 0.1) is 11.3 Å². The molecule has 0 aliphatic carbocycles. The number of fused-ring (bicyclic) bond motifs is 1. The van der Waals surface area contributed by atoms with Crippen LogP contribution in [-0.2, 0) is 0 Å². The second-order valence-electron chi connectivity index (χ2n) is 7.49. The summed E-state index contributed by atoms with van der Waals surface area (Å²) in [5.41, 5.74) is 4.06. The van der Waals surface area contributed by atoms with E-state index < -0.39 is 0 Å². The predicted molar refractivity (Wildman–Crippen MR) is 112 cm³/mol. The monoisotopic (exact) mass is 390 g/mol. The Hall–Kier alpha value is -3.13. The molecule has 2 aliphatic rings. The number of methoxy groups -OCH3 is 3. The maximum Gasteiger partial charge on any atom is 0.161 e. The molecule has 1 fully saturated rings. The lowest BCUT2D eigenvalue weighted by Gasteiger charge is -2.38. The Morgan fingerprint density at radius 2 is 1.72 bits per heavy atom. The highest BCUT2D eigenvalue weighted by molar-refractivity contribution is 5.79. The van der Waals surface area contributed by atoms with Gasteiger partial charge < -0.3 is 19.1 Å². The summed E-state index contributed by atoms with van der Waals surface area (Å²) in [5.74, 6) is 2.34. The Kier molecular flexibility index (Phi) is 5.35. The van der Waals surface area contributed by atoms with E-state index in [4.69, 9.17) is 14.2 Å². The number of nitriles is 1. The number of hydrogen-bond acceptors (Lipinski definition) is 5. The highest BCUT2D eigenvalue weighted by atomic mass is 16.5. The first-order chi connectivity index (χ1) is 14.2. The molecule has 0 radical (unpaired) electrons. The first-order valence-corrected chi connectivity index (χ1v) is 9.97. The van der Waals surface area contributed by atoms with Gasteiger partial charge in [-0.25, -0.2) is 0 Å². The van der Waals surface area contributed by atoms with Gasteiger partial charge in [0.25, 0.3) is 0 Å². The zero-order valence-corrected chi connectivity index (χ0v) is 17.1. The summed E-state index contributed by atoms with van der Waals surface area (Å²) >= 11 is 0. The molecular weight excluding hydrogens is 364 g/mol. The molecule has 0 bridgehead atoms. The van der Waals surface area contributed by atoms with Gasteiger partial charge in [-0.1, -0.05) is 18.2 Å². The van der Waals surface area contributed by atoms with Gasteiger partial charge in [0, 0.05) is 24.1 Å². The minimum Gasteiger partial charge on any atom is -0.497 e. The maximum atomic E-state index is 10.1. The topological polar surface area (TPSA) is 54.7 Å². The number of ether oxygens (including phenoxy) is 3. The molecule has 0 spiro atoms. The van der Waals surface area contributed by atoms with Gasteiger partial charge in [-0.15, -0.1) is 0 Å². The molecule has 2 atom stereocenters. The fourth-order valence-electron chi connectivity index (χ4n) is 4.69. The molecule has 0 N–H and O–H groups in total. The van der Waals surface area contributed by atoms with E-state index in [1.807, 2.05) is 30.3 Å². The zero-order valence-electron chi connectivity index (χ0n) is 17.1. The van der Waals surface area contributed by atoms with Crippen LogP contribution < -0.4 is 14.2 Å². The molecule has 0 unspecified atom stereocenters. The smallest absolute Gasteiger partial charge is 0.161 e. The van der Waals surface area contributed by atoms with E-state index >= 15 is 0 Å². The zero-order chi connectivity index (χ0) is 20.4. The van der Waals surface area contributed by atoms with Gasteiger partial charge in [-0.05, 0) is 54.7 Å². The third-order valence-corrected chi connectivity index (χ3v) is 6.09. The Labute approximate surface area is 172 Å². The molecule has 0 amide bonds. The number of hydrogen-bond donors (Lipinski definition) is 0. The van der Waals surface area contributed by atoms with Gasteiger partial charge >= 0.3 is 0 Å². The fraction of sp³-hybridized carbons (Fsp3) is 0.375. The summed E-state index contributed by atoms with van der Waals surface area (Å²) in [7, 11) is 4.95. The lowest BCUT2D eigenvalue weighted by molar-refractivity contribution is 0.293. The van der Waals surface area contributed by atoms with Gasteiger partial charge in [0.1, 0.15) is 17.5 Å². The highest BCUT2D eigenvalue weighted by Crippen LogP contribution is 2.47. The first-order valence-electron chi connectivity index (χ1n) is 9.97. The van der Waals surface area contributed by atoms with Crippen LogP contribution in [0.1, 0.15) is 36.3 Å². The van der Waals surface area contributed by atoms with E-state index in [0.29, 0.717) is 17.5 Å². The Morgan fingerprint density at radius 1 is 0.966 bits per heavy atom. The predicted octanol–water partition coefficient (Wildman–Crippen LogP) is 4.60. The molecule has 2 aliphatic heterocycles. The van der Waals surface area contributed by atoms with Crippen LogP contribution >= 0.6 is 0 Å². The number of rotatable bonds is 5. The molecule has 5 heteroatoms. The molecule has 2 aromatic carbocycles. The maximum absolute atomic E-state index is 10.1. The van der Waals surface area contributed by atoms with Gasteiger partial charge in [0.05, 0.1) is 21.3 Å². The van der Waals surface area contributed by atoms with Gasteiger partial charge in [0.2, 0.25) is 0 Å². The van der Waals surface area contributed by atoms with Gasteiger partial charge in [0.15, 0.2) is 11.5 Å². The van der Waals surface area contributed by atoms with Crippen LogP contribution in [0.25, 0.3) is 5.57 Å². The second kappa shape index (κ2) is 8.08. The van der Waals surface area contributed by atoms with Crippen LogP contribution in [0.15, 0.2) is 48.2 Å². The third-order valence-electron chi connectivity index (χ3n) is 6.09. The van der Waals surface area contributed by atoms with Crippen molar-refractivity contribution in [3.63, 3.8) is 0 Å². The van der Waals surface area contributed by atoms with Crippen molar-refractivity contribution in [2.45, 2.75) is 31.2 Å². The molecule has 150 valence electrons. The van der Waals surface area contributed by atoms with Crippen molar-refractivity contribution in [3.8, 4) is 23.3 Å². The molecule has 5 nitrogen and oxygen atoms in total. The first kappa shape index (κ1) is 19.2. The van der Waals surface area contributed by atoms with Gasteiger partial charge in [-0.2, -0.15) is 5.26 Å². The van der Waals surface area contributed by atoms with Crippen molar-refractivity contribution in [3.05, 3.63) is 59.3 Å². The normalized spacial score (nSPS) is 20.8. The van der Waals surface area contributed by atoms with Crippen molar-refractivity contribution in [1.29, 1.82) is 5.26 Å². The van der Waals surface area contributed by atoms with E-state index in [9.17, 15) is 5.26 Å². The quantitative estimate of drug-likeness (QED) is 0.747. The van der Waals surface area contributed by atoms with Crippen molar-refractivity contribution < 1.29 is 14.2 Å². The molecule has 0 aromatic heterocycles. The van der Waals surface area contributed by atoms with Crippen molar-refractivity contribution >= 4 is 5.57 Å². The lowest BCUT2D eigenvalue weighted by Crippen LogP contribution is -2.35. The molecule has 2 aromatic rings. The summed E-state index contributed by atoms with van der Waals surface area (Å²) in [6.07, 6.45) is 3.27. The van der Waals surface area contributed by atoms with E-state index in [-0.39, 0.29) is 5.92 Å². The minimum atomic E-state index is 0.146. The Morgan fingerprint density at radius 3 is 2.38 bits per heavy atom. The number of benzene rings is 2. The summed E-state index contributed by atoms with van der Waals surface area (Å²) in [6.45, 7) is 0.944. The summed E-state index contributed by atoms with van der Waals surface area (Å²) < 4.78 is 16.3. The van der Waals surface area contributed by atoms with Crippen LogP contribution in [0.5, 0.6) is 17.2 Å². The number of nitrogens with zero attached hydrogens (tertiary/aromatic N) is 2. The SMILES string of the molecule is COc1ccc([C@H]2C[C@H]3CCCN3C(C#N)=C2c2ccc(OC)c(OC)c2)cc1. The lowest BCUT2D eigenvalue weighted by atomic mass is 9.78. The van der Waals surface area contributed by atoms with Crippen molar-refractivity contribution in [2.24, 2.45) is 0 Å². The molecule has 29 heavy (non-hydrogen) atoms. The largest absolute Gasteiger partial charge is 0.497 e. The minimum absolute atomic E-state index is 0.146. The molecule has 2 heterocycles. The van der Waals surface area contributed by atoms with Crippen molar-refractivity contribution in [2.75, 3.05) is 27.9 Å². The van der Waals surface area contributed by atoms with Gasteiger partial charge in [-0.3, -0.25) is 0 Å². The standard InChI is InChI=1S/C24H26N2O3/c1-27-19-9-6-16(7-10-19)20-14-18-5-4-12-26(18)21(15-25)24(20)17-8-11-22(28-2)23(13-17)29-3/h6-11,13,18,20H,4-5,12,14H2,1-3H3/t18-,20-/m1/s1. The number of allylic oxidation sites excluding steroid dienone is 2. The van der Waals surface area contributed by atoms with Crippen LogP contribution in [0.3, 0.4) is 0 Å². The highest BCUT2D eigenvalue weighted by Gasteiger charge is 2.38. The average molecular weight is 390 g/mol. The van der Waals surface area contributed by atoms with Crippen LogP contribution in [0.4, 0.5) is 0 Å². The molecule has 0 saturated carbocycles. The Bertz CT molecular complexity index is 959. The Balaban J connectivity index is 1.87. The second-order valence-corrected chi connectivity index (χ2v) is 7.49. The summed E-state index contributed by atoms with van der Waals surface area (Å²) in [6, 6.07) is 17.1. The fourth-order valence-corrected chi connectivity index (χ4v) is 4.69. The van der Waals surface area contributed by atoms with E-state index in [2.05, 4.69) is 23.1 Å². The van der Waals surface area contributed by atoms with Crippen molar-refractivity contribution in [1.82, 2.24) is 4.90 Å². The van der Waals surface area contributed by atoms with E-state index in [1.165, 1.54) is 5.56 Å². The van der Waals surface area contributed by atoms with E-state index in [1.54, 1.807) is 21.3 Å².